The number of nitrogen functional groups attached to an aromatic ring is 1. The highest BCUT2D eigenvalue weighted by Crippen LogP contribution is 2.29. The van der Waals surface area contributed by atoms with E-state index in [1.807, 2.05) is 17.5 Å². The Bertz CT molecular complexity index is 638. The highest BCUT2D eigenvalue weighted by molar-refractivity contribution is 7.98. The van der Waals surface area contributed by atoms with Gasteiger partial charge in [-0.25, -0.2) is 4.98 Å². The molecule has 2 aromatic rings. The van der Waals surface area contributed by atoms with E-state index in [4.69, 9.17) is 5.73 Å². The number of likely N-dealkylation sites (N-methyl/N-ethyl adjacent to an activating group) is 1. The average Bonchev–Trinajstić information content (AvgIpc) is 2.87. The molecule has 0 unspecified atom stereocenters. The van der Waals surface area contributed by atoms with Gasteiger partial charge in [-0.05, 0) is 24.6 Å². The summed E-state index contributed by atoms with van der Waals surface area (Å²) < 4.78 is 0. The quantitative estimate of drug-likeness (QED) is 0.679. The van der Waals surface area contributed by atoms with Crippen molar-refractivity contribution in [1.29, 1.82) is 0 Å². The Morgan fingerprint density at radius 1 is 1.43 bits per heavy atom. The first-order valence-corrected chi connectivity index (χ1v) is 8.44. The molecule has 1 aromatic heterocycles. The third-order valence-electron chi connectivity index (χ3n) is 2.95. The predicted molar refractivity (Wildman–Crippen MR) is 89.7 cm³/mol. The Kier molecular flexibility index (Phi) is 5.25. The van der Waals surface area contributed by atoms with Gasteiger partial charge in [0.05, 0.1) is 12.1 Å². The molecule has 0 aliphatic heterocycles. The summed E-state index contributed by atoms with van der Waals surface area (Å²) in [5.41, 5.74) is 8.95. The third kappa shape index (κ3) is 4.47. The number of nitrogens with two attached hydrogens (primary N) is 1. The van der Waals surface area contributed by atoms with Crippen molar-refractivity contribution in [2.45, 2.75) is 24.0 Å². The van der Waals surface area contributed by atoms with Crippen molar-refractivity contribution in [3.05, 3.63) is 39.8 Å². The number of rotatable bonds is 5. The number of amides is 1. The van der Waals surface area contributed by atoms with Crippen LogP contribution in [0.25, 0.3) is 0 Å². The Morgan fingerprint density at radius 2 is 2.19 bits per heavy atom. The van der Waals surface area contributed by atoms with Gasteiger partial charge in [-0.3, -0.25) is 4.79 Å². The van der Waals surface area contributed by atoms with Crippen molar-refractivity contribution in [3.8, 4) is 0 Å². The van der Waals surface area contributed by atoms with E-state index in [-0.39, 0.29) is 5.91 Å². The van der Waals surface area contributed by atoms with E-state index in [0.29, 0.717) is 6.42 Å². The molecule has 1 amide bonds. The topological polar surface area (TPSA) is 59.2 Å². The van der Waals surface area contributed by atoms with E-state index < -0.39 is 0 Å². The van der Waals surface area contributed by atoms with Crippen LogP contribution < -0.4 is 5.73 Å². The Labute approximate surface area is 133 Å². The number of aromatic nitrogens is 1. The SMILES string of the molecule is Cc1ccc(N)c(SCc2csc(CC(=O)N(C)C)n2)c1. The van der Waals surface area contributed by atoms with E-state index in [9.17, 15) is 4.79 Å². The van der Waals surface area contributed by atoms with E-state index in [0.717, 1.165) is 27.0 Å². The number of anilines is 1. The van der Waals surface area contributed by atoms with Crippen LogP contribution in [0.4, 0.5) is 5.69 Å². The number of carbonyl (C=O) groups is 1. The summed E-state index contributed by atoms with van der Waals surface area (Å²) in [6, 6.07) is 6.02. The second-order valence-electron chi connectivity index (χ2n) is 5.03. The molecule has 0 aliphatic rings. The zero-order valence-electron chi connectivity index (χ0n) is 12.4. The number of thioether (sulfide) groups is 1. The van der Waals surface area contributed by atoms with Crippen LogP contribution in [0.2, 0.25) is 0 Å². The number of carbonyl (C=O) groups excluding carboxylic acids is 1. The lowest BCUT2D eigenvalue weighted by atomic mass is 10.2. The Hall–Kier alpha value is -1.53. The molecule has 6 heteroatoms. The normalized spacial score (nSPS) is 10.6. The van der Waals surface area contributed by atoms with Crippen LogP contribution in [0.15, 0.2) is 28.5 Å². The summed E-state index contributed by atoms with van der Waals surface area (Å²) in [6.07, 6.45) is 0.370. The van der Waals surface area contributed by atoms with Gasteiger partial charge in [-0.15, -0.1) is 23.1 Å². The fourth-order valence-corrected chi connectivity index (χ4v) is 3.55. The number of aryl methyl sites for hydroxylation is 1. The average molecular weight is 321 g/mol. The molecular formula is C15H19N3OS2. The molecule has 1 aromatic carbocycles. The number of thiazole rings is 1. The van der Waals surface area contributed by atoms with Crippen LogP contribution >= 0.6 is 23.1 Å². The molecule has 0 saturated heterocycles. The van der Waals surface area contributed by atoms with Crippen LogP contribution in [0.3, 0.4) is 0 Å². The van der Waals surface area contributed by atoms with E-state index in [1.54, 1.807) is 30.8 Å². The number of benzene rings is 1. The van der Waals surface area contributed by atoms with Crippen molar-refractivity contribution >= 4 is 34.7 Å². The fraction of sp³-hybridized carbons (Fsp3) is 0.333. The molecule has 21 heavy (non-hydrogen) atoms. The highest BCUT2D eigenvalue weighted by atomic mass is 32.2. The van der Waals surface area contributed by atoms with E-state index >= 15 is 0 Å². The summed E-state index contributed by atoms with van der Waals surface area (Å²) in [6.45, 7) is 2.05. The van der Waals surface area contributed by atoms with E-state index in [2.05, 4.69) is 18.0 Å². The summed E-state index contributed by atoms with van der Waals surface area (Å²) in [4.78, 5) is 18.8. The molecule has 0 aliphatic carbocycles. The van der Waals surface area contributed by atoms with Gasteiger partial charge in [0, 0.05) is 35.8 Å². The predicted octanol–water partition coefficient (Wildman–Crippen LogP) is 2.96. The minimum atomic E-state index is 0.0754. The maximum absolute atomic E-state index is 11.7. The molecule has 0 atom stereocenters. The number of hydrogen-bond donors (Lipinski definition) is 1. The third-order valence-corrected chi connectivity index (χ3v) is 4.95. The van der Waals surface area contributed by atoms with Gasteiger partial charge >= 0.3 is 0 Å². The van der Waals surface area contributed by atoms with Crippen molar-refractivity contribution in [2.24, 2.45) is 0 Å². The smallest absolute Gasteiger partial charge is 0.228 e. The van der Waals surface area contributed by atoms with Gasteiger partial charge in [-0.1, -0.05) is 6.07 Å². The van der Waals surface area contributed by atoms with Crippen molar-refractivity contribution in [2.75, 3.05) is 19.8 Å². The molecule has 0 bridgehead atoms. The molecule has 0 saturated carbocycles. The molecule has 2 rings (SSSR count). The van der Waals surface area contributed by atoms with Crippen molar-refractivity contribution < 1.29 is 4.79 Å². The Balaban J connectivity index is 1.97. The molecular weight excluding hydrogens is 302 g/mol. The van der Waals surface area contributed by atoms with Gasteiger partial charge in [0.15, 0.2) is 0 Å². The molecule has 1 heterocycles. The minimum Gasteiger partial charge on any atom is -0.398 e. The Morgan fingerprint density at radius 3 is 2.90 bits per heavy atom. The summed E-state index contributed by atoms with van der Waals surface area (Å²) in [5.74, 6) is 0.840. The maximum Gasteiger partial charge on any atom is 0.228 e. The molecule has 0 radical (unpaired) electrons. The monoisotopic (exact) mass is 321 g/mol. The fourth-order valence-electron chi connectivity index (χ4n) is 1.70. The van der Waals surface area contributed by atoms with Crippen LogP contribution in [0.1, 0.15) is 16.3 Å². The summed E-state index contributed by atoms with van der Waals surface area (Å²) >= 11 is 3.21. The number of nitrogens with zero attached hydrogens (tertiary/aromatic N) is 2. The first kappa shape index (κ1) is 15.9. The zero-order valence-corrected chi connectivity index (χ0v) is 14.1. The first-order valence-electron chi connectivity index (χ1n) is 6.58. The van der Waals surface area contributed by atoms with Gasteiger partial charge in [0.25, 0.3) is 0 Å². The van der Waals surface area contributed by atoms with Crippen LogP contribution in [-0.4, -0.2) is 29.9 Å². The first-order chi connectivity index (χ1) is 9.95. The summed E-state index contributed by atoms with van der Waals surface area (Å²) in [5, 5.41) is 2.87. The standard InChI is InChI=1S/C15H19N3OS2/c1-10-4-5-12(16)13(6-10)20-8-11-9-21-14(17-11)7-15(19)18(2)3/h4-6,9H,7-8,16H2,1-3H3. The molecule has 0 spiro atoms. The molecule has 4 nitrogen and oxygen atoms in total. The number of hydrogen-bond acceptors (Lipinski definition) is 5. The second-order valence-corrected chi connectivity index (χ2v) is 6.99. The summed E-state index contributed by atoms with van der Waals surface area (Å²) in [7, 11) is 3.51. The lowest BCUT2D eigenvalue weighted by Crippen LogP contribution is -2.23. The zero-order chi connectivity index (χ0) is 15.4. The van der Waals surface area contributed by atoms with Gasteiger partial charge in [0.2, 0.25) is 5.91 Å². The largest absolute Gasteiger partial charge is 0.398 e. The molecule has 2 N–H and O–H groups in total. The second kappa shape index (κ2) is 6.95. The van der Waals surface area contributed by atoms with Crippen LogP contribution in [0.5, 0.6) is 0 Å². The minimum absolute atomic E-state index is 0.0754. The molecule has 112 valence electrons. The van der Waals surface area contributed by atoms with Crippen molar-refractivity contribution in [3.63, 3.8) is 0 Å². The highest BCUT2D eigenvalue weighted by Gasteiger charge is 2.10. The van der Waals surface area contributed by atoms with Gasteiger partial charge < -0.3 is 10.6 Å². The van der Waals surface area contributed by atoms with Crippen LogP contribution in [-0.2, 0) is 17.0 Å². The molecule has 0 fully saturated rings. The van der Waals surface area contributed by atoms with Gasteiger partial charge in [0.1, 0.15) is 5.01 Å². The lowest BCUT2D eigenvalue weighted by Gasteiger charge is -2.07. The lowest BCUT2D eigenvalue weighted by molar-refractivity contribution is -0.127. The van der Waals surface area contributed by atoms with E-state index in [1.165, 1.54) is 16.9 Å². The van der Waals surface area contributed by atoms with Crippen LogP contribution in [0, 0.1) is 6.92 Å². The van der Waals surface area contributed by atoms with Crippen molar-refractivity contribution in [1.82, 2.24) is 9.88 Å². The maximum atomic E-state index is 11.7. The van der Waals surface area contributed by atoms with Gasteiger partial charge in [-0.2, -0.15) is 0 Å².